The minimum atomic E-state index is -1.71. The van der Waals surface area contributed by atoms with Crippen LogP contribution in [-0.4, -0.2) is 13.4 Å². The summed E-state index contributed by atoms with van der Waals surface area (Å²) in [6.45, 7) is 13.9. The first-order valence-corrected chi connectivity index (χ1v) is 9.52. The summed E-state index contributed by atoms with van der Waals surface area (Å²) in [6.07, 6.45) is 0.932. The van der Waals surface area contributed by atoms with Crippen LogP contribution in [0.3, 0.4) is 0 Å². The van der Waals surface area contributed by atoms with Gasteiger partial charge in [0.1, 0.15) is 5.75 Å². The molecule has 0 radical (unpaired) electrons. The number of hydrogen-bond acceptors (Lipinski definition) is 2. The van der Waals surface area contributed by atoms with Crippen molar-refractivity contribution in [1.82, 2.24) is 0 Å². The number of aromatic hydroxyl groups is 1. The average Bonchev–Trinajstić information content (AvgIpc) is 2.24. The molecule has 0 spiro atoms. The quantitative estimate of drug-likeness (QED) is 0.814. The molecule has 0 saturated heterocycles. The van der Waals surface area contributed by atoms with Crippen LogP contribution in [-0.2, 0) is 17.5 Å². The number of phenolic OH excluding ortho intramolecular Hbond substituents is 1. The average molecular weight is 266 g/mol. The van der Waals surface area contributed by atoms with Gasteiger partial charge in [0.25, 0.3) is 0 Å². The lowest BCUT2D eigenvalue weighted by atomic mass is 10.1. The monoisotopic (exact) mass is 266 g/mol. The molecule has 2 nitrogen and oxygen atoms in total. The van der Waals surface area contributed by atoms with E-state index >= 15 is 0 Å². The second-order valence-electron chi connectivity index (χ2n) is 6.41. The smallest absolute Gasteiger partial charge is 0.192 e. The Hall–Kier alpha value is -0.803. The first-order chi connectivity index (χ1) is 8.15. The van der Waals surface area contributed by atoms with E-state index in [2.05, 4.69) is 46.9 Å². The summed E-state index contributed by atoms with van der Waals surface area (Å²) < 4.78 is 6.16. The van der Waals surface area contributed by atoms with Gasteiger partial charge in [0.05, 0.1) is 6.61 Å². The maximum absolute atomic E-state index is 9.67. The van der Waals surface area contributed by atoms with Gasteiger partial charge < -0.3 is 9.53 Å². The molecule has 0 heterocycles. The largest absolute Gasteiger partial charge is 0.508 e. The molecule has 0 aromatic heterocycles. The summed E-state index contributed by atoms with van der Waals surface area (Å²) in [5, 5.41) is 9.89. The molecule has 0 aliphatic carbocycles. The van der Waals surface area contributed by atoms with Crippen LogP contribution in [0.4, 0.5) is 0 Å². The van der Waals surface area contributed by atoms with Gasteiger partial charge in [-0.05, 0) is 47.8 Å². The van der Waals surface area contributed by atoms with Crippen molar-refractivity contribution in [2.75, 3.05) is 0 Å². The number of phenols is 1. The molecule has 3 heteroatoms. The van der Waals surface area contributed by atoms with Gasteiger partial charge in [-0.2, -0.15) is 0 Å². The topological polar surface area (TPSA) is 29.5 Å². The van der Waals surface area contributed by atoms with E-state index in [0.717, 1.165) is 17.5 Å². The third-order valence-electron chi connectivity index (χ3n) is 3.85. The van der Waals surface area contributed by atoms with Crippen molar-refractivity contribution in [2.45, 2.75) is 58.9 Å². The van der Waals surface area contributed by atoms with E-state index in [1.807, 2.05) is 6.07 Å². The van der Waals surface area contributed by atoms with Crippen molar-refractivity contribution >= 4 is 8.32 Å². The minimum Gasteiger partial charge on any atom is -0.508 e. The summed E-state index contributed by atoms with van der Waals surface area (Å²) in [5.74, 6) is 0.336. The van der Waals surface area contributed by atoms with E-state index in [1.165, 1.54) is 0 Å². The first-order valence-electron chi connectivity index (χ1n) is 6.61. The minimum absolute atomic E-state index is 0.220. The lowest BCUT2D eigenvalue weighted by Crippen LogP contribution is -2.40. The standard InChI is InChI=1S/C15H26O2Si/c1-7-12-8-13(10-14(16)9-12)11-17-18(5,6)15(2,3)4/h8-10,16H,7,11H2,1-6H3. The van der Waals surface area contributed by atoms with Gasteiger partial charge in [-0.3, -0.25) is 0 Å². The Bertz CT molecular complexity index is 405. The molecule has 18 heavy (non-hydrogen) atoms. The van der Waals surface area contributed by atoms with Crippen molar-refractivity contribution in [3.8, 4) is 5.75 Å². The summed E-state index contributed by atoms with van der Waals surface area (Å²) in [6, 6.07) is 5.73. The highest BCUT2D eigenvalue weighted by molar-refractivity contribution is 6.74. The van der Waals surface area contributed by atoms with E-state index in [1.54, 1.807) is 6.07 Å². The SMILES string of the molecule is CCc1cc(O)cc(CO[Si](C)(C)C(C)(C)C)c1. The molecule has 102 valence electrons. The summed E-state index contributed by atoms with van der Waals surface area (Å²) in [5.41, 5.74) is 2.22. The molecule has 0 aliphatic rings. The molecule has 0 bridgehead atoms. The highest BCUT2D eigenvalue weighted by Crippen LogP contribution is 2.37. The number of benzene rings is 1. The second kappa shape index (κ2) is 5.45. The summed E-state index contributed by atoms with van der Waals surface area (Å²) in [4.78, 5) is 0. The Morgan fingerprint density at radius 2 is 1.67 bits per heavy atom. The van der Waals surface area contributed by atoms with Gasteiger partial charge in [-0.15, -0.1) is 0 Å². The molecular formula is C15H26O2Si. The maximum Gasteiger partial charge on any atom is 0.192 e. The van der Waals surface area contributed by atoms with Crippen LogP contribution >= 0.6 is 0 Å². The Labute approximate surface area is 112 Å². The van der Waals surface area contributed by atoms with Crippen LogP contribution < -0.4 is 0 Å². The van der Waals surface area contributed by atoms with Crippen LogP contribution in [0.5, 0.6) is 5.75 Å². The zero-order chi connectivity index (χ0) is 14.0. The second-order valence-corrected chi connectivity index (χ2v) is 11.2. The molecule has 0 fully saturated rings. The number of aryl methyl sites for hydroxylation is 1. The zero-order valence-electron chi connectivity index (χ0n) is 12.5. The van der Waals surface area contributed by atoms with E-state index in [9.17, 15) is 5.11 Å². The predicted octanol–water partition coefficient (Wildman–Crippen LogP) is 4.48. The Morgan fingerprint density at radius 3 is 2.17 bits per heavy atom. The van der Waals surface area contributed by atoms with Gasteiger partial charge in [0.15, 0.2) is 8.32 Å². The molecule has 0 aliphatic heterocycles. The summed E-state index contributed by atoms with van der Waals surface area (Å²) >= 11 is 0. The van der Waals surface area contributed by atoms with Crippen LogP contribution in [0, 0.1) is 0 Å². The van der Waals surface area contributed by atoms with Gasteiger partial charge in [0.2, 0.25) is 0 Å². The van der Waals surface area contributed by atoms with Crippen molar-refractivity contribution in [2.24, 2.45) is 0 Å². The van der Waals surface area contributed by atoms with Crippen molar-refractivity contribution in [1.29, 1.82) is 0 Å². The van der Waals surface area contributed by atoms with Gasteiger partial charge >= 0.3 is 0 Å². The Balaban J connectivity index is 2.78. The van der Waals surface area contributed by atoms with Crippen LogP contribution in [0.15, 0.2) is 18.2 Å². The first kappa shape index (κ1) is 15.3. The summed E-state index contributed by atoms with van der Waals surface area (Å²) in [7, 11) is -1.71. The maximum atomic E-state index is 9.67. The number of hydrogen-bond donors (Lipinski definition) is 1. The van der Waals surface area contributed by atoms with Crippen LogP contribution in [0.2, 0.25) is 18.1 Å². The molecule has 0 amide bonds. The van der Waals surface area contributed by atoms with E-state index in [0.29, 0.717) is 12.4 Å². The predicted molar refractivity (Wildman–Crippen MR) is 79.5 cm³/mol. The molecule has 1 rings (SSSR count). The molecular weight excluding hydrogens is 240 g/mol. The lowest BCUT2D eigenvalue weighted by molar-refractivity contribution is 0.275. The molecule has 0 atom stereocenters. The third kappa shape index (κ3) is 3.85. The molecule has 1 N–H and O–H groups in total. The number of rotatable bonds is 4. The van der Waals surface area contributed by atoms with Crippen molar-refractivity contribution < 1.29 is 9.53 Å². The van der Waals surface area contributed by atoms with E-state index in [-0.39, 0.29) is 5.04 Å². The fourth-order valence-corrected chi connectivity index (χ4v) is 2.47. The molecule has 1 aromatic carbocycles. The highest BCUT2D eigenvalue weighted by atomic mass is 28.4. The normalized spacial score (nSPS) is 12.8. The van der Waals surface area contributed by atoms with Gasteiger partial charge in [0, 0.05) is 0 Å². The fraction of sp³-hybridized carbons (Fsp3) is 0.600. The highest BCUT2D eigenvalue weighted by Gasteiger charge is 2.36. The van der Waals surface area contributed by atoms with Gasteiger partial charge in [-0.1, -0.05) is 33.8 Å². The Morgan fingerprint density at radius 1 is 1.11 bits per heavy atom. The van der Waals surface area contributed by atoms with E-state index in [4.69, 9.17) is 4.43 Å². The molecule has 1 aromatic rings. The molecule has 0 unspecified atom stereocenters. The van der Waals surface area contributed by atoms with E-state index < -0.39 is 8.32 Å². The third-order valence-corrected chi connectivity index (χ3v) is 8.33. The van der Waals surface area contributed by atoms with Gasteiger partial charge in [-0.25, -0.2) is 0 Å². The van der Waals surface area contributed by atoms with Crippen LogP contribution in [0.1, 0.15) is 38.8 Å². The van der Waals surface area contributed by atoms with Crippen molar-refractivity contribution in [3.05, 3.63) is 29.3 Å². The fourth-order valence-electron chi connectivity index (χ4n) is 1.51. The lowest BCUT2D eigenvalue weighted by Gasteiger charge is -2.36. The zero-order valence-corrected chi connectivity index (χ0v) is 13.5. The van der Waals surface area contributed by atoms with Crippen molar-refractivity contribution in [3.63, 3.8) is 0 Å². The Kier molecular flexibility index (Phi) is 4.62. The van der Waals surface area contributed by atoms with Crippen LogP contribution in [0.25, 0.3) is 0 Å². The molecule has 0 saturated carbocycles.